The van der Waals surface area contributed by atoms with Gasteiger partial charge in [0.05, 0.1) is 11.7 Å². The molecule has 0 aliphatic heterocycles. The van der Waals surface area contributed by atoms with E-state index >= 15 is 0 Å². The molecule has 1 heterocycles. The number of nitrogens with one attached hydrogen (secondary N) is 3. The number of anilines is 2. The van der Waals surface area contributed by atoms with Crippen molar-refractivity contribution < 1.29 is 4.79 Å². The summed E-state index contributed by atoms with van der Waals surface area (Å²) in [4.78, 5) is 11.0. The molecule has 3 N–H and O–H groups in total. The van der Waals surface area contributed by atoms with E-state index in [2.05, 4.69) is 36.8 Å². The van der Waals surface area contributed by atoms with Gasteiger partial charge in [-0.1, -0.05) is 28.1 Å². The Bertz CT molecular complexity index is 811. The number of rotatable bonds is 4. The predicted molar refractivity (Wildman–Crippen MR) is 91.9 cm³/mol. The van der Waals surface area contributed by atoms with Crippen LogP contribution in [0.2, 0.25) is 0 Å². The predicted octanol–water partition coefficient (Wildman–Crippen LogP) is 3.90. The van der Waals surface area contributed by atoms with Gasteiger partial charge in [0.25, 0.3) is 0 Å². The van der Waals surface area contributed by atoms with Crippen molar-refractivity contribution >= 4 is 44.1 Å². The van der Waals surface area contributed by atoms with Crippen molar-refractivity contribution in [2.24, 2.45) is 0 Å². The van der Waals surface area contributed by atoms with E-state index in [1.54, 1.807) is 0 Å². The second-order valence-corrected chi connectivity index (χ2v) is 5.93. The van der Waals surface area contributed by atoms with Crippen LogP contribution in [0.1, 0.15) is 12.5 Å². The molecule has 0 aliphatic rings. The number of amides is 1. The molecule has 6 heteroatoms. The van der Waals surface area contributed by atoms with E-state index in [-0.39, 0.29) is 5.91 Å². The summed E-state index contributed by atoms with van der Waals surface area (Å²) in [7, 11) is 0. The van der Waals surface area contributed by atoms with E-state index < -0.39 is 0 Å². The molecule has 22 heavy (non-hydrogen) atoms. The highest BCUT2D eigenvalue weighted by Gasteiger charge is 2.05. The second kappa shape index (κ2) is 6.19. The average molecular weight is 359 g/mol. The number of hydrogen-bond donors (Lipinski definition) is 3. The standard InChI is InChI=1S/C16H15BrN4O/c1-10(22)20-13-4-2-11(3-5-13)8-18-15-6-12(17)7-16-14(15)9-19-21-16/h2-7,9,18H,8H2,1H3,(H,19,21)(H,20,22). The average Bonchev–Trinajstić information content (AvgIpc) is 2.93. The number of hydrogen-bond acceptors (Lipinski definition) is 3. The van der Waals surface area contributed by atoms with Crippen molar-refractivity contribution in [1.29, 1.82) is 0 Å². The van der Waals surface area contributed by atoms with Gasteiger partial charge < -0.3 is 10.6 Å². The molecular weight excluding hydrogens is 344 g/mol. The van der Waals surface area contributed by atoms with Crippen LogP contribution >= 0.6 is 15.9 Å². The topological polar surface area (TPSA) is 69.8 Å². The van der Waals surface area contributed by atoms with Gasteiger partial charge in [-0.2, -0.15) is 5.10 Å². The van der Waals surface area contributed by atoms with Gasteiger partial charge in [-0.15, -0.1) is 0 Å². The molecule has 1 amide bonds. The highest BCUT2D eigenvalue weighted by atomic mass is 79.9. The van der Waals surface area contributed by atoms with Crippen LogP contribution in [-0.2, 0) is 11.3 Å². The van der Waals surface area contributed by atoms with E-state index in [4.69, 9.17) is 0 Å². The number of aromatic amines is 1. The van der Waals surface area contributed by atoms with E-state index in [0.29, 0.717) is 6.54 Å². The summed E-state index contributed by atoms with van der Waals surface area (Å²) in [6, 6.07) is 11.8. The van der Waals surface area contributed by atoms with Crippen LogP contribution in [0.25, 0.3) is 10.9 Å². The molecule has 3 aromatic rings. The molecule has 5 nitrogen and oxygen atoms in total. The van der Waals surface area contributed by atoms with Crippen molar-refractivity contribution in [1.82, 2.24) is 10.2 Å². The molecular formula is C16H15BrN4O. The number of carbonyl (C=O) groups excluding carboxylic acids is 1. The summed E-state index contributed by atoms with van der Waals surface area (Å²) in [5.41, 5.74) is 3.93. The number of benzene rings is 2. The first-order valence-corrected chi connectivity index (χ1v) is 7.64. The Balaban J connectivity index is 1.73. The van der Waals surface area contributed by atoms with Gasteiger partial charge in [0.15, 0.2) is 0 Å². The maximum Gasteiger partial charge on any atom is 0.221 e. The third-order valence-corrected chi connectivity index (χ3v) is 3.74. The fourth-order valence-corrected chi connectivity index (χ4v) is 2.73. The summed E-state index contributed by atoms with van der Waals surface area (Å²) in [6.45, 7) is 2.19. The first kappa shape index (κ1) is 14.6. The number of nitrogens with zero attached hydrogens (tertiary/aromatic N) is 1. The van der Waals surface area contributed by atoms with Crippen LogP contribution in [0.5, 0.6) is 0 Å². The van der Waals surface area contributed by atoms with Gasteiger partial charge in [-0.3, -0.25) is 9.89 Å². The fourth-order valence-electron chi connectivity index (χ4n) is 2.27. The number of halogens is 1. The monoisotopic (exact) mass is 358 g/mol. The zero-order valence-corrected chi connectivity index (χ0v) is 13.6. The largest absolute Gasteiger partial charge is 0.380 e. The minimum atomic E-state index is -0.0673. The van der Waals surface area contributed by atoms with Crippen molar-refractivity contribution in [2.45, 2.75) is 13.5 Å². The molecule has 0 atom stereocenters. The lowest BCUT2D eigenvalue weighted by atomic mass is 10.2. The van der Waals surface area contributed by atoms with Gasteiger partial charge in [-0.05, 0) is 29.8 Å². The highest BCUT2D eigenvalue weighted by molar-refractivity contribution is 9.10. The first-order valence-electron chi connectivity index (χ1n) is 6.85. The van der Waals surface area contributed by atoms with E-state index in [1.807, 2.05) is 42.6 Å². The maximum absolute atomic E-state index is 11.0. The lowest BCUT2D eigenvalue weighted by Gasteiger charge is -2.09. The Labute approximate surface area is 136 Å². The van der Waals surface area contributed by atoms with E-state index in [1.165, 1.54) is 6.92 Å². The van der Waals surface area contributed by atoms with Crippen LogP contribution in [-0.4, -0.2) is 16.1 Å². The lowest BCUT2D eigenvalue weighted by molar-refractivity contribution is -0.114. The van der Waals surface area contributed by atoms with Crippen molar-refractivity contribution in [3.05, 3.63) is 52.6 Å². The van der Waals surface area contributed by atoms with Gasteiger partial charge in [0.1, 0.15) is 0 Å². The van der Waals surface area contributed by atoms with Crippen molar-refractivity contribution in [3.8, 4) is 0 Å². The molecule has 0 fully saturated rings. The van der Waals surface area contributed by atoms with E-state index in [9.17, 15) is 4.79 Å². The SMILES string of the molecule is CC(=O)Nc1ccc(CNc2cc(Br)cc3[nH]ncc23)cc1. The van der Waals surface area contributed by atoms with Crippen LogP contribution in [0.15, 0.2) is 47.1 Å². The third-order valence-electron chi connectivity index (χ3n) is 3.28. The van der Waals surface area contributed by atoms with Crippen molar-refractivity contribution in [3.63, 3.8) is 0 Å². The molecule has 0 unspecified atom stereocenters. The summed E-state index contributed by atoms with van der Waals surface area (Å²) >= 11 is 3.50. The second-order valence-electron chi connectivity index (χ2n) is 5.02. The number of carbonyl (C=O) groups is 1. The number of fused-ring (bicyclic) bond motifs is 1. The van der Waals surface area contributed by atoms with Crippen LogP contribution < -0.4 is 10.6 Å². The molecule has 0 saturated carbocycles. The van der Waals surface area contributed by atoms with Crippen LogP contribution in [0, 0.1) is 0 Å². The molecule has 1 aromatic heterocycles. The summed E-state index contributed by atoms with van der Waals surface area (Å²) in [6.07, 6.45) is 1.81. The molecule has 0 radical (unpaired) electrons. The number of aromatic nitrogens is 2. The Morgan fingerprint density at radius 3 is 2.77 bits per heavy atom. The molecule has 0 saturated heterocycles. The fraction of sp³-hybridized carbons (Fsp3) is 0.125. The van der Waals surface area contributed by atoms with Gasteiger partial charge in [-0.25, -0.2) is 0 Å². The molecule has 3 rings (SSSR count). The first-order chi connectivity index (χ1) is 10.6. The van der Waals surface area contributed by atoms with Gasteiger partial charge >= 0.3 is 0 Å². The summed E-state index contributed by atoms with van der Waals surface area (Å²) in [5.74, 6) is -0.0673. The number of H-pyrrole nitrogens is 1. The Hall–Kier alpha value is -2.34. The zero-order valence-electron chi connectivity index (χ0n) is 12.0. The molecule has 2 aromatic carbocycles. The Morgan fingerprint density at radius 1 is 1.27 bits per heavy atom. The van der Waals surface area contributed by atoms with Gasteiger partial charge in [0.2, 0.25) is 5.91 Å². The minimum absolute atomic E-state index is 0.0673. The van der Waals surface area contributed by atoms with Crippen LogP contribution in [0.3, 0.4) is 0 Å². The molecule has 0 aliphatic carbocycles. The quantitative estimate of drug-likeness (QED) is 0.662. The maximum atomic E-state index is 11.0. The Kier molecular flexibility index (Phi) is 4.11. The minimum Gasteiger partial charge on any atom is -0.380 e. The molecule has 0 bridgehead atoms. The van der Waals surface area contributed by atoms with Crippen molar-refractivity contribution in [2.75, 3.05) is 10.6 Å². The third kappa shape index (κ3) is 3.28. The molecule has 112 valence electrons. The normalized spacial score (nSPS) is 10.6. The van der Waals surface area contributed by atoms with Gasteiger partial charge in [0, 0.05) is 34.7 Å². The Morgan fingerprint density at radius 2 is 2.05 bits per heavy atom. The van der Waals surface area contributed by atoms with E-state index in [0.717, 1.165) is 32.3 Å². The molecule has 0 spiro atoms. The lowest BCUT2D eigenvalue weighted by Crippen LogP contribution is -2.06. The highest BCUT2D eigenvalue weighted by Crippen LogP contribution is 2.27. The summed E-state index contributed by atoms with van der Waals surface area (Å²) < 4.78 is 0.993. The zero-order chi connectivity index (χ0) is 15.5. The summed E-state index contributed by atoms with van der Waals surface area (Å²) in [5, 5.41) is 14.3. The van der Waals surface area contributed by atoms with Crippen LogP contribution in [0.4, 0.5) is 11.4 Å². The smallest absolute Gasteiger partial charge is 0.221 e.